The molecule has 0 spiro atoms. The van der Waals surface area contributed by atoms with Gasteiger partial charge in [0.2, 0.25) is 0 Å². The number of ether oxygens (including phenoxy) is 2. The monoisotopic (exact) mass is 488 g/mol. The molecule has 4 rings (SSSR count). The van der Waals surface area contributed by atoms with Crippen LogP contribution in [0.15, 0.2) is 51.0 Å². The van der Waals surface area contributed by atoms with Gasteiger partial charge in [0.05, 0.1) is 23.0 Å². The van der Waals surface area contributed by atoms with Crippen LogP contribution < -0.4 is 25.4 Å². The molecule has 0 aromatic heterocycles. The molecule has 1 atom stereocenters. The largest absolute Gasteiger partial charge is 0.490 e. The van der Waals surface area contributed by atoms with Crippen LogP contribution >= 0.6 is 27.7 Å². The van der Waals surface area contributed by atoms with Gasteiger partial charge in [-0.15, -0.1) is 5.10 Å². The van der Waals surface area contributed by atoms with Crippen LogP contribution in [0.3, 0.4) is 0 Å². The highest BCUT2D eigenvalue weighted by Crippen LogP contribution is 2.41. The first kappa shape index (κ1) is 20.7. The highest BCUT2D eigenvalue weighted by atomic mass is 79.9. The van der Waals surface area contributed by atoms with Crippen molar-refractivity contribution in [3.63, 3.8) is 0 Å². The van der Waals surface area contributed by atoms with Crippen molar-refractivity contribution in [2.45, 2.75) is 20.0 Å². The molecule has 1 amide bonds. The van der Waals surface area contributed by atoms with E-state index in [2.05, 4.69) is 26.3 Å². The van der Waals surface area contributed by atoms with E-state index in [1.807, 2.05) is 56.5 Å². The van der Waals surface area contributed by atoms with Crippen LogP contribution in [0.1, 0.15) is 25.6 Å². The summed E-state index contributed by atoms with van der Waals surface area (Å²) in [5.41, 5.74) is 1.31. The fourth-order valence-corrected chi connectivity index (χ4v) is 4.36. The van der Waals surface area contributed by atoms with E-state index >= 15 is 0 Å². The van der Waals surface area contributed by atoms with E-state index in [0.717, 1.165) is 20.6 Å². The van der Waals surface area contributed by atoms with Gasteiger partial charge in [-0.1, -0.05) is 30.0 Å². The standard InChI is InChI=1S/C21H21BrN4O3S/c1-4-28-16-11-12(10-14(22)18(16)29-5-2)19-23-15-9-7-6-8-13(15)17-20(27)24-21(30-3)25-26(17)19/h6-11,19H,4-5H2,1-3H3,(H,24,25,27)/t19-/m1/s1. The third-order valence-electron chi connectivity index (χ3n) is 4.63. The molecule has 0 saturated carbocycles. The number of carbonyl (C=O) groups excluding carboxylic acids is 1. The Labute approximate surface area is 187 Å². The Balaban J connectivity index is 1.93. The lowest BCUT2D eigenvalue weighted by Gasteiger charge is -2.34. The summed E-state index contributed by atoms with van der Waals surface area (Å²) in [5, 5.41) is 11.2. The van der Waals surface area contributed by atoms with E-state index in [-0.39, 0.29) is 5.91 Å². The van der Waals surface area contributed by atoms with Gasteiger partial charge < -0.3 is 9.47 Å². The van der Waals surface area contributed by atoms with Gasteiger partial charge in [-0.3, -0.25) is 15.1 Å². The minimum Gasteiger partial charge on any atom is -0.490 e. The minimum absolute atomic E-state index is 0.197. The smallest absolute Gasteiger partial charge is 0.276 e. The maximum absolute atomic E-state index is 12.9. The fourth-order valence-electron chi connectivity index (χ4n) is 3.42. The molecular weight excluding hydrogens is 468 g/mol. The summed E-state index contributed by atoms with van der Waals surface area (Å²) in [4.78, 5) is 17.8. The molecule has 2 heterocycles. The number of amides is 1. The second-order valence-electron chi connectivity index (χ2n) is 6.47. The van der Waals surface area contributed by atoms with Gasteiger partial charge in [0.25, 0.3) is 5.91 Å². The first-order valence-electron chi connectivity index (χ1n) is 9.56. The van der Waals surface area contributed by atoms with Gasteiger partial charge in [-0.05, 0) is 54.2 Å². The summed E-state index contributed by atoms with van der Waals surface area (Å²) in [7, 11) is 0. The average Bonchev–Trinajstić information content (AvgIpc) is 2.75. The van der Waals surface area contributed by atoms with Gasteiger partial charge in [0, 0.05) is 10.8 Å². The molecule has 2 aliphatic heterocycles. The third kappa shape index (κ3) is 3.67. The molecule has 1 N–H and O–H groups in total. The maximum atomic E-state index is 12.9. The van der Waals surface area contributed by atoms with Crippen LogP contribution in [-0.4, -0.2) is 35.6 Å². The lowest BCUT2D eigenvalue weighted by Crippen LogP contribution is -2.50. The van der Waals surface area contributed by atoms with E-state index < -0.39 is 6.17 Å². The Kier molecular flexibility index (Phi) is 6.01. The SMILES string of the molecule is CCOc1cc([C@@H]2N=c3ccccc3=C3C(=O)NC(SC)=NN32)cc(Br)c1OCC. The Morgan fingerprint density at radius 3 is 2.70 bits per heavy atom. The molecule has 0 saturated heterocycles. The fraction of sp³-hybridized carbons (Fsp3) is 0.286. The highest BCUT2D eigenvalue weighted by Gasteiger charge is 2.34. The summed E-state index contributed by atoms with van der Waals surface area (Å²) in [6.07, 6.45) is 1.35. The molecular formula is C21H21BrN4O3S. The summed E-state index contributed by atoms with van der Waals surface area (Å²) >= 11 is 4.98. The van der Waals surface area contributed by atoms with Crippen LogP contribution in [0, 0.1) is 0 Å². The number of benzene rings is 2. The Hall–Kier alpha value is -2.52. The Morgan fingerprint density at radius 2 is 1.97 bits per heavy atom. The van der Waals surface area contributed by atoms with E-state index in [4.69, 9.17) is 14.5 Å². The molecule has 0 unspecified atom stereocenters. The minimum atomic E-state index is -0.519. The van der Waals surface area contributed by atoms with Gasteiger partial charge in [0.15, 0.2) is 22.8 Å². The number of amidine groups is 1. The molecule has 7 nitrogen and oxygen atoms in total. The third-order valence-corrected chi connectivity index (χ3v) is 5.79. The van der Waals surface area contributed by atoms with Crippen molar-refractivity contribution in [3.8, 4) is 11.5 Å². The van der Waals surface area contributed by atoms with Crippen molar-refractivity contribution in [1.29, 1.82) is 0 Å². The molecule has 0 fully saturated rings. The van der Waals surface area contributed by atoms with Crippen LogP contribution in [0.4, 0.5) is 0 Å². The zero-order valence-corrected chi connectivity index (χ0v) is 19.2. The second-order valence-corrected chi connectivity index (χ2v) is 8.12. The zero-order valence-electron chi connectivity index (χ0n) is 16.8. The number of rotatable bonds is 5. The number of hydrogen-bond acceptors (Lipinski definition) is 7. The summed E-state index contributed by atoms with van der Waals surface area (Å²) in [6, 6.07) is 11.4. The molecule has 0 radical (unpaired) electrons. The van der Waals surface area contributed by atoms with Gasteiger partial charge in [-0.2, -0.15) is 0 Å². The number of nitrogens with zero attached hydrogens (tertiary/aromatic N) is 3. The molecule has 0 aliphatic carbocycles. The first-order chi connectivity index (χ1) is 14.6. The molecule has 30 heavy (non-hydrogen) atoms. The molecule has 9 heteroatoms. The number of thioether (sulfide) groups is 1. The zero-order chi connectivity index (χ0) is 21.3. The van der Waals surface area contributed by atoms with Crippen molar-refractivity contribution in [2.75, 3.05) is 19.5 Å². The number of nitrogens with one attached hydrogen (secondary N) is 1. The maximum Gasteiger partial charge on any atom is 0.276 e. The van der Waals surface area contributed by atoms with Gasteiger partial charge in [-0.25, -0.2) is 5.01 Å². The molecule has 0 bridgehead atoms. The van der Waals surface area contributed by atoms with E-state index in [1.165, 1.54) is 11.8 Å². The number of hydrogen-bond donors (Lipinski definition) is 1. The van der Waals surface area contributed by atoms with Crippen LogP contribution in [0.5, 0.6) is 11.5 Å². The average molecular weight is 489 g/mol. The highest BCUT2D eigenvalue weighted by molar-refractivity contribution is 9.10. The number of hydrazone groups is 1. The lowest BCUT2D eigenvalue weighted by atomic mass is 10.1. The Bertz CT molecular complexity index is 1150. The summed E-state index contributed by atoms with van der Waals surface area (Å²) < 4.78 is 12.4. The van der Waals surface area contributed by atoms with Gasteiger partial charge in [0.1, 0.15) is 5.70 Å². The Morgan fingerprint density at radius 1 is 1.20 bits per heavy atom. The molecule has 2 aliphatic rings. The van der Waals surface area contributed by atoms with Crippen molar-refractivity contribution in [3.05, 3.63) is 57.0 Å². The predicted molar refractivity (Wildman–Crippen MR) is 121 cm³/mol. The number of para-hydroxylation sites is 1. The van der Waals surface area contributed by atoms with Crippen molar-refractivity contribution in [1.82, 2.24) is 10.3 Å². The topological polar surface area (TPSA) is 75.5 Å². The van der Waals surface area contributed by atoms with E-state index in [1.54, 1.807) is 5.01 Å². The van der Waals surface area contributed by atoms with Crippen molar-refractivity contribution >= 4 is 44.5 Å². The number of halogens is 1. The van der Waals surface area contributed by atoms with E-state index in [9.17, 15) is 4.79 Å². The van der Waals surface area contributed by atoms with Crippen LogP contribution in [0.2, 0.25) is 0 Å². The van der Waals surface area contributed by atoms with Crippen molar-refractivity contribution < 1.29 is 14.3 Å². The number of carbonyl (C=O) groups is 1. The summed E-state index contributed by atoms with van der Waals surface area (Å²) in [6.45, 7) is 4.87. The predicted octanol–water partition coefficient (Wildman–Crippen LogP) is 2.75. The molecule has 2 aromatic rings. The quantitative estimate of drug-likeness (QED) is 0.700. The summed E-state index contributed by atoms with van der Waals surface area (Å²) in [5.74, 6) is 1.07. The number of fused-ring (bicyclic) bond motifs is 2. The van der Waals surface area contributed by atoms with Crippen LogP contribution in [0.25, 0.3) is 5.70 Å². The van der Waals surface area contributed by atoms with Crippen molar-refractivity contribution in [2.24, 2.45) is 10.1 Å². The second kappa shape index (κ2) is 8.69. The lowest BCUT2D eigenvalue weighted by molar-refractivity contribution is -0.116. The van der Waals surface area contributed by atoms with Crippen LogP contribution in [-0.2, 0) is 4.79 Å². The first-order valence-corrected chi connectivity index (χ1v) is 11.6. The van der Waals surface area contributed by atoms with E-state index in [0.29, 0.717) is 35.6 Å². The molecule has 2 aromatic carbocycles. The molecule has 156 valence electrons. The normalized spacial score (nSPS) is 17.4. The van der Waals surface area contributed by atoms with Gasteiger partial charge >= 0.3 is 0 Å².